The second kappa shape index (κ2) is 7.47. The van der Waals surface area contributed by atoms with Crippen LogP contribution in [0, 0.1) is 17.0 Å². The summed E-state index contributed by atoms with van der Waals surface area (Å²) in [5.41, 5.74) is -1.28. The lowest BCUT2D eigenvalue weighted by Crippen LogP contribution is -2.11. The van der Waals surface area contributed by atoms with Gasteiger partial charge in [-0.15, -0.1) is 0 Å². The highest BCUT2D eigenvalue weighted by Gasteiger charge is 2.34. The number of halogens is 3. The van der Waals surface area contributed by atoms with E-state index in [4.69, 9.17) is 0 Å². The Labute approximate surface area is 156 Å². The lowest BCUT2D eigenvalue weighted by molar-refractivity contribution is -0.383. The van der Waals surface area contributed by atoms with E-state index >= 15 is 0 Å². The van der Waals surface area contributed by atoms with E-state index in [1.807, 2.05) is 0 Å². The fourth-order valence-electron chi connectivity index (χ4n) is 2.44. The normalized spacial score (nSPS) is 11.1. The smallest absolute Gasteiger partial charge is 0.334 e. The maximum atomic E-state index is 13.2. The second-order valence-corrected chi connectivity index (χ2v) is 5.63. The topological polar surface area (TPSA) is 106 Å². The number of aromatic nitrogens is 3. The third-order valence-corrected chi connectivity index (χ3v) is 3.63. The minimum Gasteiger partial charge on any atom is -0.334 e. The van der Waals surface area contributed by atoms with Crippen LogP contribution in [-0.2, 0) is 6.18 Å². The number of anilines is 4. The first-order valence-corrected chi connectivity index (χ1v) is 7.89. The summed E-state index contributed by atoms with van der Waals surface area (Å²) in [6.45, 7) is 1.74. The zero-order valence-corrected chi connectivity index (χ0v) is 14.4. The number of hydrogen-bond donors (Lipinski definition) is 2. The summed E-state index contributed by atoms with van der Waals surface area (Å²) >= 11 is 0. The van der Waals surface area contributed by atoms with Gasteiger partial charge in [0.05, 0.1) is 16.2 Å². The molecule has 28 heavy (non-hydrogen) atoms. The number of nitrogens with zero attached hydrogens (tertiary/aromatic N) is 4. The Balaban J connectivity index is 2.03. The molecule has 0 saturated carbocycles. The molecule has 3 aromatic rings. The average Bonchev–Trinajstić information content (AvgIpc) is 2.61. The predicted molar refractivity (Wildman–Crippen MR) is 95.7 cm³/mol. The molecule has 2 aromatic heterocycles. The summed E-state index contributed by atoms with van der Waals surface area (Å²) in [4.78, 5) is 22.5. The van der Waals surface area contributed by atoms with Crippen molar-refractivity contribution in [1.29, 1.82) is 0 Å². The maximum absolute atomic E-state index is 13.2. The molecule has 0 bridgehead atoms. The highest BCUT2D eigenvalue weighted by atomic mass is 19.4. The quantitative estimate of drug-likeness (QED) is 0.485. The maximum Gasteiger partial charge on any atom is 0.418 e. The van der Waals surface area contributed by atoms with E-state index in [9.17, 15) is 23.3 Å². The largest absolute Gasteiger partial charge is 0.418 e. The number of nitrogens with one attached hydrogen (secondary N) is 2. The molecule has 3 rings (SSSR count). The second-order valence-electron chi connectivity index (χ2n) is 5.63. The molecule has 0 radical (unpaired) electrons. The average molecular weight is 390 g/mol. The first-order chi connectivity index (χ1) is 13.3. The van der Waals surface area contributed by atoms with Crippen LogP contribution in [0.1, 0.15) is 11.3 Å². The van der Waals surface area contributed by atoms with E-state index in [1.165, 1.54) is 12.1 Å². The third kappa shape index (κ3) is 4.14. The van der Waals surface area contributed by atoms with Gasteiger partial charge < -0.3 is 10.6 Å². The van der Waals surface area contributed by atoms with Crippen molar-refractivity contribution in [3.05, 3.63) is 70.2 Å². The summed E-state index contributed by atoms with van der Waals surface area (Å²) in [6.07, 6.45) is -3.64. The molecule has 0 atom stereocenters. The standard InChI is InChI=1S/C17H13F3N6O2/c1-10-5-4-8-13(23-10)25-16-14(26(27)28)15(21-9-22-16)24-12-7-3-2-6-11(12)17(18,19)20/h2-9H,1H3,(H2,21,22,23,24,25). The third-order valence-electron chi connectivity index (χ3n) is 3.63. The molecule has 0 amide bonds. The minimum atomic E-state index is -4.64. The van der Waals surface area contributed by atoms with Crippen LogP contribution in [0.2, 0.25) is 0 Å². The molecule has 0 aliphatic heterocycles. The molecule has 0 fully saturated rings. The Hall–Kier alpha value is -3.76. The van der Waals surface area contributed by atoms with Gasteiger partial charge in [0, 0.05) is 5.69 Å². The van der Waals surface area contributed by atoms with Crippen molar-refractivity contribution in [2.75, 3.05) is 10.6 Å². The van der Waals surface area contributed by atoms with E-state index in [0.717, 1.165) is 18.5 Å². The molecular formula is C17H13F3N6O2. The van der Waals surface area contributed by atoms with Gasteiger partial charge in [-0.05, 0) is 31.2 Å². The van der Waals surface area contributed by atoms with Gasteiger partial charge in [-0.2, -0.15) is 13.2 Å². The summed E-state index contributed by atoms with van der Waals surface area (Å²) in [5, 5.41) is 16.7. The van der Waals surface area contributed by atoms with E-state index in [0.29, 0.717) is 11.5 Å². The van der Waals surface area contributed by atoms with Crippen molar-refractivity contribution in [2.45, 2.75) is 13.1 Å². The Morgan fingerprint density at radius 2 is 1.68 bits per heavy atom. The van der Waals surface area contributed by atoms with E-state index in [-0.39, 0.29) is 17.3 Å². The van der Waals surface area contributed by atoms with Gasteiger partial charge in [0.1, 0.15) is 12.1 Å². The van der Waals surface area contributed by atoms with Crippen molar-refractivity contribution in [3.8, 4) is 0 Å². The van der Waals surface area contributed by atoms with Crippen LogP contribution in [0.25, 0.3) is 0 Å². The zero-order valence-electron chi connectivity index (χ0n) is 14.4. The van der Waals surface area contributed by atoms with Crippen molar-refractivity contribution in [3.63, 3.8) is 0 Å². The fourth-order valence-corrected chi connectivity index (χ4v) is 2.44. The Kier molecular flexibility index (Phi) is 5.07. The summed E-state index contributed by atoms with van der Waals surface area (Å²) in [7, 11) is 0. The number of rotatable bonds is 5. The highest BCUT2D eigenvalue weighted by molar-refractivity contribution is 5.77. The minimum absolute atomic E-state index is 0.204. The number of para-hydroxylation sites is 1. The van der Waals surface area contributed by atoms with Gasteiger partial charge >= 0.3 is 11.9 Å². The van der Waals surface area contributed by atoms with Crippen molar-refractivity contribution in [1.82, 2.24) is 15.0 Å². The van der Waals surface area contributed by atoms with Crippen LogP contribution in [0.4, 0.5) is 42.0 Å². The molecule has 144 valence electrons. The predicted octanol–water partition coefficient (Wildman–Crippen LogP) is 4.59. The number of alkyl halides is 3. The number of nitro groups is 1. The Morgan fingerprint density at radius 1 is 1.00 bits per heavy atom. The summed E-state index contributed by atoms with van der Waals surface area (Å²) < 4.78 is 39.6. The Bertz CT molecular complexity index is 1030. The van der Waals surface area contributed by atoms with E-state index in [1.54, 1.807) is 25.1 Å². The summed E-state index contributed by atoms with van der Waals surface area (Å²) in [5.74, 6) is -0.291. The molecule has 1 aromatic carbocycles. The number of benzene rings is 1. The van der Waals surface area contributed by atoms with E-state index < -0.39 is 22.4 Å². The number of aryl methyl sites for hydroxylation is 1. The van der Waals surface area contributed by atoms with Crippen LogP contribution < -0.4 is 10.6 Å². The monoisotopic (exact) mass is 390 g/mol. The lowest BCUT2D eigenvalue weighted by atomic mass is 10.1. The molecule has 0 aliphatic rings. The van der Waals surface area contributed by atoms with Crippen LogP contribution >= 0.6 is 0 Å². The van der Waals surface area contributed by atoms with Crippen LogP contribution in [-0.4, -0.2) is 19.9 Å². The van der Waals surface area contributed by atoms with Crippen LogP contribution in [0.3, 0.4) is 0 Å². The molecule has 8 nitrogen and oxygen atoms in total. The molecule has 0 saturated heterocycles. The fraction of sp³-hybridized carbons (Fsp3) is 0.118. The van der Waals surface area contributed by atoms with Gasteiger partial charge in [0.15, 0.2) is 0 Å². The van der Waals surface area contributed by atoms with Crippen molar-refractivity contribution >= 4 is 28.8 Å². The van der Waals surface area contributed by atoms with Crippen LogP contribution in [0.5, 0.6) is 0 Å². The number of pyridine rings is 1. The number of hydrogen-bond acceptors (Lipinski definition) is 7. The van der Waals surface area contributed by atoms with Gasteiger partial charge in [0.25, 0.3) is 0 Å². The van der Waals surface area contributed by atoms with Crippen molar-refractivity contribution in [2.24, 2.45) is 0 Å². The van der Waals surface area contributed by atoms with Gasteiger partial charge in [-0.3, -0.25) is 10.1 Å². The first kappa shape index (κ1) is 19.0. The molecular weight excluding hydrogens is 377 g/mol. The first-order valence-electron chi connectivity index (χ1n) is 7.89. The van der Waals surface area contributed by atoms with Gasteiger partial charge in [-0.1, -0.05) is 18.2 Å². The van der Waals surface area contributed by atoms with E-state index in [2.05, 4.69) is 25.6 Å². The summed E-state index contributed by atoms with van der Waals surface area (Å²) in [6, 6.07) is 9.62. The molecule has 0 spiro atoms. The molecule has 2 heterocycles. The molecule has 0 aliphatic carbocycles. The van der Waals surface area contributed by atoms with Crippen LogP contribution in [0.15, 0.2) is 48.8 Å². The zero-order chi connectivity index (χ0) is 20.3. The molecule has 2 N–H and O–H groups in total. The Morgan fingerprint density at radius 3 is 2.32 bits per heavy atom. The highest BCUT2D eigenvalue weighted by Crippen LogP contribution is 2.38. The van der Waals surface area contributed by atoms with Crippen molar-refractivity contribution < 1.29 is 18.1 Å². The van der Waals surface area contributed by atoms with Gasteiger partial charge in [0.2, 0.25) is 11.6 Å². The molecule has 0 unspecified atom stereocenters. The molecule has 11 heteroatoms. The van der Waals surface area contributed by atoms with Gasteiger partial charge in [-0.25, -0.2) is 15.0 Å². The SMILES string of the molecule is Cc1cccc(Nc2ncnc(Nc3ccccc3C(F)(F)F)c2[N+](=O)[O-])n1. The lowest BCUT2D eigenvalue weighted by Gasteiger charge is -2.14.